The molecule has 2 rings (SSSR count). The Hall–Kier alpha value is -1.68. The van der Waals surface area contributed by atoms with Crippen molar-refractivity contribution in [1.82, 2.24) is 10.6 Å². The molecular weight excluding hydrogens is 427 g/mol. The van der Waals surface area contributed by atoms with Crippen molar-refractivity contribution in [3.05, 3.63) is 62.3 Å². The van der Waals surface area contributed by atoms with E-state index in [9.17, 15) is 10.1 Å². The molecule has 124 valence electrons. The van der Waals surface area contributed by atoms with E-state index in [1.807, 2.05) is 6.07 Å². The van der Waals surface area contributed by atoms with E-state index in [4.69, 9.17) is 0 Å². The molecule has 0 fully saturated rings. The number of nitro groups is 1. The molecule has 0 saturated carbocycles. The van der Waals surface area contributed by atoms with Crippen LogP contribution in [0.15, 0.2) is 46.8 Å². The molecule has 0 saturated heterocycles. The average Bonchev–Trinajstić information content (AvgIpc) is 3.04. The molecule has 0 radical (unpaired) electrons. The Morgan fingerprint density at radius 1 is 1.26 bits per heavy atom. The van der Waals surface area contributed by atoms with E-state index in [0.29, 0.717) is 18.1 Å². The summed E-state index contributed by atoms with van der Waals surface area (Å²) in [5.74, 6) is 0.634. The summed E-state index contributed by atoms with van der Waals surface area (Å²) in [7, 11) is 1.68. The first-order valence-electron chi connectivity index (χ1n) is 6.90. The van der Waals surface area contributed by atoms with Crippen LogP contribution >= 0.6 is 35.3 Å². The van der Waals surface area contributed by atoms with Gasteiger partial charge in [-0.05, 0) is 17.9 Å². The molecule has 1 aromatic carbocycles. The summed E-state index contributed by atoms with van der Waals surface area (Å²) >= 11 is 1.72. The summed E-state index contributed by atoms with van der Waals surface area (Å²) in [5.41, 5.74) is 0.748. The van der Waals surface area contributed by atoms with Crippen molar-refractivity contribution in [3.8, 4) is 0 Å². The van der Waals surface area contributed by atoms with E-state index in [2.05, 4.69) is 27.1 Å². The van der Waals surface area contributed by atoms with Crippen LogP contribution in [0.3, 0.4) is 0 Å². The van der Waals surface area contributed by atoms with E-state index in [1.54, 1.807) is 36.6 Å². The highest BCUT2D eigenvalue weighted by Gasteiger charge is 2.12. The number of halogens is 1. The van der Waals surface area contributed by atoms with Gasteiger partial charge in [-0.15, -0.1) is 35.3 Å². The van der Waals surface area contributed by atoms with Crippen LogP contribution in [0.5, 0.6) is 0 Å². The molecule has 6 nitrogen and oxygen atoms in total. The predicted molar refractivity (Wildman–Crippen MR) is 105 cm³/mol. The highest BCUT2D eigenvalue weighted by molar-refractivity contribution is 14.0. The van der Waals surface area contributed by atoms with Crippen LogP contribution in [-0.2, 0) is 13.0 Å². The Morgan fingerprint density at radius 2 is 2.04 bits per heavy atom. The molecule has 1 aromatic heterocycles. The molecule has 0 aliphatic heterocycles. The zero-order valence-corrected chi connectivity index (χ0v) is 15.8. The lowest BCUT2D eigenvalue weighted by molar-refractivity contribution is -0.385. The Labute approximate surface area is 156 Å². The normalized spacial score (nSPS) is 10.7. The lowest BCUT2D eigenvalue weighted by atomic mass is 10.2. The van der Waals surface area contributed by atoms with Crippen LogP contribution in [0.1, 0.15) is 10.4 Å². The number of rotatable bonds is 6. The SMILES string of the molecule is CN=C(NCCc1cccs1)NCc1ccccc1[N+](=O)[O-].I. The van der Waals surface area contributed by atoms with E-state index in [-0.39, 0.29) is 34.6 Å². The lowest BCUT2D eigenvalue weighted by Gasteiger charge is -2.11. The molecular formula is C15H19IN4O2S. The van der Waals surface area contributed by atoms with Crippen LogP contribution in [0, 0.1) is 10.1 Å². The van der Waals surface area contributed by atoms with Crippen molar-refractivity contribution in [2.45, 2.75) is 13.0 Å². The maximum Gasteiger partial charge on any atom is 0.274 e. The van der Waals surface area contributed by atoms with Gasteiger partial charge in [-0.25, -0.2) is 0 Å². The number of nitro benzene ring substituents is 1. The molecule has 2 aromatic rings. The minimum atomic E-state index is -0.371. The second-order valence-corrected chi connectivity index (χ2v) is 5.60. The summed E-state index contributed by atoms with van der Waals surface area (Å²) < 4.78 is 0. The molecule has 0 atom stereocenters. The molecule has 1 heterocycles. The zero-order chi connectivity index (χ0) is 15.8. The highest BCUT2D eigenvalue weighted by atomic mass is 127. The third kappa shape index (κ3) is 6.14. The molecule has 0 spiro atoms. The second-order valence-electron chi connectivity index (χ2n) is 4.57. The van der Waals surface area contributed by atoms with Crippen molar-refractivity contribution in [2.24, 2.45) is 4.99 Å². The van der Waals surface area contributed by atoms with E-state index < -0.39 is 0 Å². The molecule has 0 aliphatic carbocycles. The number of hydrogen-bond donors (Lipinski definition) is 2. The minimum Gasteiger partial charge on any atom is -0.356 e. The number of hydrogen-bond acceptors (Lipinski definition) is 4. The standard InChI is InChI=1S/C15H18N4O2S.HI/c1-16-15(17-9-8-13-6-4-10-22-13)18-11-12-5-2-3-7-14(12)19(20)21;/h2-7,10H,8-9,11H2,1H3,(H2,16,17,18);1H. The van der Waals surface area contributed by atoms with Gasteiger partial charge in [0.05, 0.1) is 4.92 Å². The van der Waals surface area contributed by atoms with E-state index >= 15 is 0 Å². The fourth-order valence-electron chi connectivity index (χ4n) is 2.00. The van der Waals surface area contributed by atoms with Gasteiger partial charge in [-0.1, -0.05) is 24.3 Å². The van der Waals surface area contributed by atoms with Crippen LogP contribution < -0.4 is 10.6 Å². The number of nitrogens with zero attached hydrogens (tertiary/aromatic N) is 2. The summed E-state index contributed by atoms with van der Waals surface area (Å²) in [6, 6.07) is 10.8. The minimum absolute atomic E-state index is 0. The van der Waals surface area contributed by atoms with Crippen LogP contribution in [0.2, 0.25) is 0 Å². The fourth-order valence-corrected chi connectivity index (χ4v) is 2.71. The first-order chi connectivity index (χ1) is 10.7. The van der Waals surface area contributed by atoms with Gasteiger partial charge in [0.15, 0.2) is 5.96 Å². The van der Waals surface area contributed by atoms with Crippen molar-refractivity contribution < 1.29 is 4.92 Å². The Balaban J connectivity index is 0.00000264. The van der Waals surface area contributed by atoms with E-state index in [1.165, 1.54) is 10.9 Å². The van der Waals surface area contributed by atoms with Gasteiger partial charge >= 0.3 is 0 Å². The Bertz CT molecular complexity index is 647. The Kier molecular flexibility index (Phi) is 8.56. The number of thiophene rings is 1. The van der Waals surface area contributed by atoms with E-state index in [0.717, 1.165) is 13.0 Å². The summed E-state index contributed by atoms with van der Waals surface area (Å²) in [6.45, 7) is 1.12. The zero-order valence-electron chi connectivity index (χ0n) is 12.7. The third-order valence-corrected chi connectivity index (χ3v) is 4.04. The summed E-state index contributed by atoms with van der Waals surface area (Å²) in [6.07, 6.45) is 0.920. The van der Waals surface area contributed by atoms with Crippen molar-refractivity contribution >= 4 is 47.0 Å². The largest absolute Gasteiger partial charge is 0.356 e. The topological polar surface area (TPSA) is 79.6 Å². The quantitative estimate of drug-likeness (QED) is 0.235. The van der Waals surface area contributed by atoms with Gasteiger partial charge in [0.25, 0.3) is 5.69 Å². The summed E-state index contributed by atoms with van der Waals surface area (Å²) in [5, 5.41) is 19.3. The molecule has 0 bridgehead atoms. The maximum atomic E-state index is 11.0. The number of nitrogens with one attached hydrogen (secondary N) is 2. The first kappa shape index (κ1) is 19.4. The fraction of sp³-hybridized carbons (Fsp3) is 0.267. The molecule has 0 unspecified atom stereocenters. The number of benzene rings is 1. The maximum absolute atomic E-state index is 11.0. The van der Waals surface area contributed by atoms with Crippen LogP contribution in [0.4, 0.5) is 5.69 Å². The lowest BCUT2D eigenvalue weighted by Crippen LogP contribution is -2.37. The second kappa shape index (κ2) is 10.2. The average molecular weight is 446 g/mol. The Morgan fingerprint density at radius 3 is 2.70 bits per heavy atom. The number of guanidine groups is 1. The van der Waals surface area contributed by atoms with Crippen molar-refractivity contribution in [3.63, 3.8) is 0 Å². The van der Waals surface area contributed by atoms with Gasteiger partial charge in [-0.2, -0.15) is 0 Å². The highest BCUT2D eigenvalue weighted by Crippen LogP contribution is 2.16. The smallest absolute Gasteiger partial charge is 0.274 e. The molecule has 0 amide bonds. The summed E-state index contributed by atoms with van der Waals surface area (Å²) in [4.78, 5) is 16.0. The van der Waals surface area contributed by atoms with Crippen LogP contribution in [-0.4, -0.2) is 24.5 Å². The first-order valence-corrected chi connectivity index (χ1v) is 7.78. The van der Waals surface area contributed by atoms with Gasteiger partial charge < -0.3 is 10.6 Å². The third-order valence-electron chi connectivity index (χ3n) is 3.10. The molecule has 8 heteroatoms. The van der Waals surface area contributed by atoms with Gasteiger partial charge in [0.1, 0.15) is 0 Å². The van der Waals surface area contributed by atoms with Crippen LogP contribution in [0.25, 0.3) is 0 Å². The number of aliphatic imine (C=N–C) groups is 1. The monoisotopic (exact) mass is 446 g/mol. The molecule has 0 aliphatic rings. The van der Waals surface area contributed by atoms with Gasteiger partial charge in [0.2, 0.25) is 0 Å². The predicted octanol–water partition coefficient (Wildman–Crippen LogP) is 3.18. The van der Waals surface area contributed by atoms with Crippen molar-refractivity contribution in [2.75, 3.05) is 13.6 Å². The number of para-hydroxylation sites is 1. The van der Waals surface area contributed by atoms with Gasteiger partial charge in [0, 0.05) is 36.6 Å². The molecule has 23 heavy (non-hydrogen) atoms. The van der Waals surface area contributed by atoms with Crippen molar-refractivity contribution in [1.29, 1.82) is 0 Å². The molecule has 2 N–H and O–H groups in total. The van der Waals surface area contributed by atoms with Gasteiger partial charge in [-0.3, -0.25) is 15.1 Å².